The van der Waals surface area contributed by atoms with E-state index in [-0.39, 0.29) is 22.9 Å². The van der Waals surface area contributed by atoms with Crippen molar-refractivity contribution in [3.8, 4) is 0 Å². The summed E-state index contributed by atoms with van der Waals surface area (Å²) in [4.78, 5) is 42.7. The number of hydrogen-bond acceptors (Lipinski definition) is 8. The lowest BCUT2D eigenvalue weighted by atomic mass is 9.70. The summed E-state index contributed by atoms with van der Waals surface area (Å²) < 4.78 is 33.5. The van der Waals surface area contributed by atoms with Gasteiger partial charge in [-0.15, -0.1) is 0 Å². The number of carboxylic acid groups (broad SMARTS) is 1. The minimum absolute atomic E-state index is 0.0727. The van der Waals surface area contributed by atoms with Gasteiger partial charge in [0.2, 0.25) is 0 Å². The van der Waals surface area contributed by atoms with Crippen molar-refractivity contribution in [1.82, 2.24) is 0 Å². The molecule has 0 saturated heterocycles. The summed E-state index contributed by atoms with van der Waals surface area (Å²) in [6, 6.07) is 12.4. The van der Waals surface area contributed by atoms with Crippen molar-refractivity contribution in [1.29, 1.82) is 0 Å². The zero-order valence-electron chi connectivity index (χ0n) is 23.7. The number of nitrogens with zero attached hydrogens (tertiary/aromatic N) is 2. The lowest BCUT2D eigenvalue weighted by Gasteiger charge is -2.33. The Kier molecular flexibility index (Phi) is 8.12. The molecule has 0 radical (unpaired) electrons. The second-order valence-electron chi connectivity index (χ2n) is 11.3. The van der Waals surface area contributed by atoms with Crippen LogP contribution in [0.2, 0.25) is 0 Å². The highest BCUT2D eigenvalue weighted by atomic mass is 32.2. The topological polar surface area (TPSA) is 132 Å². The zero-order valence-corrected chi connectivity index (χ0v) is 25.4. The molecule has 0 atom stereocenters. The van der Waals surface area contributed by atoms with Crippen molar-refractivity contribution in [3.63, 3.8) is 0 Å². The van der Waals surface area contributed by atoms with E-state index in [0.717, 1.165) is 21.3 Å². The summed E-state index contributed by atoms with van der Waals surface area (Å²) in [6.07, 6.45) is 5.39. The van der Waals surface area contributed by atoms with Crippen molar-refractivity contribution in [3.05, 3.63) is 70.9 Å². The number of benzene rings is 2. The lowest BCUT2D eigenvalue weighted by Crippen LogP contribution is -2.47. The molecule has 9 nitrogen and oxygen atoms in total. The van der Waals surface area contributed by atoms with Crippen LogP contribution in [0.3, 0.4) is 0 Å². The van der Waals surface area contributed by atoms with Gasteiger partial charge in [-0.2, -0.15) is 8.42 Å². The Bertz CT molecular complexity index is 1610. The molecular weight excluding hydrogens is 576 g/mol. The Balaban J connectivity index is 1.43. The van der Waals surface area contributed by atoms with E-state index in [4.69, 9.17) is 5.11 Å². The Morgan fingerprint density at radius 1 is 0.976 bits per heavy atom. The number of fused-ring (bicyclic) bond motifs is 2. The SMILES string of the molecule is CCN1/C(=C\C2C(=O)C(/C=C3/N(CCCCCC(=O)O)c4ccc(S(=O)(=O)O)cc4C3(C)C)C2=O)Sc2ccccc21. The van der Waals surface area contributed by atoms with Crippen molar-refractivity contribution in [2.75, 3.05) is 22.9 Å². The molecule has 0 bridgehead atoms. The van der Waals surface area contributed by atoms with E-state index in [9.17, 15) is 27.4 Å². The van der Waals surface area contributed by atoms with Gasteiger partial charge < -0.3 is 14.9 Å². The van der Waals surface area contributed by atoms with Gasteiger partial charge in [0.25, 0.3) is 10.1 Å². The molecule has 11 heteroatoms. The molecule has 2 N–H and O–H groups in total. The summed E-state index contributed by atoms with van der Waals surface area (Å²) >= 11 is 1.55. The highest BCUT2D eigenvalue weighted by Crippen LogP contribution is 2.50. The summed E-state index contributed by atoms with van der Waals surface area (Å²) in [5.41, 5.74) is 2.39. The number of carbonyl (C=O) groups is 3. The first-order valence-corrected chi connectivity index (χ1v) is 16.3. The maximum atomic E-state index is 13.4. The van der Waals surface area contributed by atoms with E-state index in [2.05, 4.69) is 4.90 Å². The van der Waals surface area contributed by atoms with Crippen LogP contribution in [0.1, 0.15) is 52.0 Å². The number of unbranched alkanes of at least 4 members (excludes halogenated alkanes) is 2. The van der Waals surface area contributed by atoms with Gasteiger partial charge >= 0.3 is 5.97 Å². The van der Waals surface area contributed by atoms with Gasteiger partial charge in [-0.25, -0.2) is 0 Å². The highest BCUT2D eigenvalue weighted by Gasteiger charge is 2.50. The average Bonchev–Trinajstić information content (AvgIpc) is 3.40. The van der Waals surface area contributed by atoms with E-state index >= 15 is 0 Å². The predicted octanol–water partition coefficient (Wildman–Crippen LogP) is 5.42. The molecule has 0 amide bonds. The van der Waals surface area contributed by atoms with Gasteiger partial charge in [0.05, 0.1) is 27.4 Å². The molecule has 2 heterocycles. The number of ketones is 2. The minimum Gasteiger partial charge on any atom is -0.481 e. The van der Waals surface area contributed by atoms with Crippen LogP contribution in [0, 0.1) is 11.8 Å². The van der Waals surface area contributed by atoms with Crippen LogP contribution in [-0.4, -0.2) is 48.7 Å². The van der Waals surface area contributed by atoms with Gasteiger partial charge in [-0.3, -0.25) is 18.9 Å². The summed E-state index contributed by atoms with van der Waals surface area (Å²) in [5.74, 6) is -2.97. The fourth-order valence-electron chi connectivity index (χ4n) is 5.98. The molecule has 0 unspecified atom stereocenters. The second kappa shape index (κ2) is 11.3. The Morgan fingerprint density at radius 2 is 1.67 bits per heavy atom. The third-order valence-electron chi connectivity index (χ3n) is 8.25. The van der Waals surface area contributed by atoms with Crippen LogP contribution >= 0.6 is 11.8 Å². The molecule has 1 fully saturated rings. The number of hydrogen-bond donors (Lipinski definition) is 2. The first kappa shape index (κ1) is 30.1. The summed E-state index contributed by atoms with van der Waals surface area (Å²) in [7, 11) is -4.44. The lowest BCUT2D eigenvalue weighted by molar-refractivity contribution is -0.146. The van der Waals surface area contributed by atoms with Crippen molar-refractivity contribution < 1.29 is 32.5 Å². The Labute approximate surface area is 250 Å². The standard InChI is InChI=1S/C31H34N2O7S2/c1-4-32-24-10-7-8-11-25(24)41-27(32)18-21-29(36)20(30(21)37)17-26-31(2,3)22-16-19(42(38,39)40)13-14-23(22)33(26)15-9-5-6-12-28(34)35/h7-8,10-11,13-14,16-18,20-21H,4-6,9,12,15H2,1-3H3,(H,34,35)(H,38,39,40)/b26-17+,27-18+. The first-order valence-electron chi connectivity index (χ1n) is 14.0. The number of allylic oxidation sites excluding steroid dienone is 3. The molecule has 5 rings (SSSR count). The summed E-state index contributed by atoms with van der Waals surface area (Å²) in [5, 5.41) is 9.83. The number of anilines is 2. The maximum absolute atomic E-state index is 13.4. The minimum atomic E-state index is -4.44. The molecule has 42 heavy (non-hydrogen) atoms. The number of carbonyl (C=O) groups excluding carboxylic acids is 2. The quantitative estimate of drug-likeness (QED) is 0.204. The predicted molar refractivity (Wildman–Crippen MR) is 161 cm³/mol. The second-order valence-corrected chi connectivity index (χ2v) is 13.7. The number of para-hydroxylation sites is 1. The van der Waals surface area contributed by atoms with Gasteiger partial charge in [0, 0.05) is 41.2 Å². The number of thioether (sulfide) groups is 1. The highest BCUT2D eigenvalue weighted by molar-refractivity contribution is 8.03. The molecule has 1 saturated carbocycles. The fraction of sp³-hybridized carbons (Fsp3) is 0.387. The van der Waals surface area contributed by atoms with E-state index in [1.165, 1.54) is 12.1 Å². The van der Waals surface area contributed by atoms with Crippen LogP contribution in [-0.2, 0) is 29.9 Å². The van der Waals surface area contributed by atoms with Crippen molar-refractivity contribution in [2.45, 2.75) is 61.7 Å². The van der Waals surface area contributed by atoms with Crippen molar-refractivity contribution in [2.24, 2.45) is 11.8 Å². The Morgan fingerprint density at radius 3 is 2.33 bits per heavy atom. The third-order valence-corrected chi connectivity index (χ3v) is 10.2. The number of aliphatic carboxylic acids is 1. The Hall–Kier alpha value is -3.41. The normalized spacial score (nSPS) is 23.0. The monoisotopic (exact) mass is 610 g/mol. The fourth-order valence-corrected chi connectivity index (χ4v) is 7.69. The van der Waals surface area contributed by atoms with Crippen LogP contribution in [0.15, 0.2) is 75.1 Å². The van der Waals surface area contributed by atoms with Crippen LogP contribution < -0.4 is 9.80 Å². The van der Waals surface area contributed by atoms with Gasteiger partial charge in [-0.05, 0) is 67.8 Å². The van der Waals surface area contributed by atoms with Gasteiger partial charge in [0.1, 0.15) is 0 Å². The molecular formula is C31H34N2O7S2. The zero-order chi connectivity index (χ0) is 30.4. The maximum Gasteiger partial charge on any atom is 0.303 e. The van der Waals surface area contributed by atoms with Crippen LogP contribution in [0.4, 0.5) is 11.4 Å². The average molecular weight is 611 g/mol. The van der Waals surface area contributed by atoms with Gasteiger partial charge in [0.15, 0.2) is 11.6 Å². The molecule has 2 aromatic rings. The molecule has 0 aromatic heterocycles. The van der Waals surface area contributed by atoms with Gasteiger partial charge in [-0.1, -0.05) is 44.2 Å². The van der Waals surface area contributed by atoms with E-state index in [1.807, 2.05) is 49.9 Å². The third kappa shape index (κ3) is 5.41. The largest absolute Gasteiger partial charge is 0.481 e. The molecule has 0 spiro atoms. The summed E-state index contributed by atoms with van der Waals surface area (Å²) in [6.45, 7) is 7.02. The molecule has 222 valence electrons. The van der Waals surface area contributed by atoms with E-state index in [1.54, 1.807) is 30.0 Å². The number of rotatable bonds is 10. The van der Waals surface area contributed by atoms with E-state index < -0.39 is 33.3 Å². The van der Waals surface area contributed by atoms with Crippen LogP contribution in [0.25, 0.3) is 0 Å². The molecule has 2 aromatic carbocycles. The molecule has 1 aliphatic carbocycles. The molecule has 2 aliphatic heterocycles. The molecule has 3 aliphatic rings. The van der Waals surface area contributed by atoms with Crippen molar-refractivity contribution >= 4 is 50.8 Å². The first-order chi connectivity index (χ1) is 19.8. The smallest absolute Gasteiger partial charge is 0.303 e. The number of Topliss-reactive ketones (excluding diaryl/α,β-unsaturated/α-hetero) is 2. The van der Waals surface area contributed by atoms with Crippen LogP contribution in [0.5, 0.6) is 0 Å². The number of carboxylic acids is 1. The van der Waals surface area contributed by atoms with E-state index in [0.29, 0.717) is 43.6 Å².